The third-order valence-corrected chi connectivity index (χ3v) is 5.70. The number of carbonyl (C=O) groups is 2. The first-order valence-corrected chi connectivity index (χ1v) is 9.78. The van der Waals surface area contributed by atoms with Crippen molar-refractivity contribution >= 4 is 45.6 Å². The minimum absolute atomic E-state index is 0.0498. The van der Waals surface area contributed by atoms with Gasteiger partial charge in [0.1, 0.15) is 16.3 Å². The predicted molar refractivity (Wildman–Crippen MR) is 109 cm³/mol. The van der Waals surface area contributed by atoms with E-state index in [0.717, 1.165) is 17.3 Å². The quantitative estimate of drug-likeness (QED) is 0.346. The van der Waals surface area contributed by atoms with E-state index < -0.39 is 16.7 Å². The molecule has 3 N–H and O–H groups in total. The summed E-state index contributed by atoms with van der Waals surface area (Å²) in [5.41, 5.74) is 6.13. The summed E-state index contributed by atoms with van der Waals surface area (Å²) in [5, 5.41) is 14.3. The minimum Gasteiger partial charge on any atom is -0.369 e. The zero-order valence-electron chi connectivity index (χ0n) is 14.3. The fourth-order valence-electron chi connectivity index (χ4n) is 2.37. The second-order valence-electron chi connectivity index (χ2n) is 5.51. The fourth-order valence-corrected chi connectivity index (χ4v) is 4.17. The molecule has 0 aliphatic rings. The number of nitrogens with two attached hydrogens (primary N) is 1. The summed E-state index contributed by atoms with van der Waals surface area (Å²) >= 11 is 2.34. The van der Waals surface area contributed by atoms with E-state index in [1.807, 2.05) is 30.3 Å². The number of hydrogen-bond donors (Lipinski definition) is 2. The van der Waals surface area contributed by atoms with Crippen LogP contribution in [0.25, 0.3) is 11.3 Å². The lowest BCUT2D eigenvalue weighted by atomic mass is 10.1. The molecule has 2 amide bonds. The van der Waals surface area contributed by atoms with Crippen LogP contribution in [0, 0.1) is 10.1 Å². The molecule has 1 aromatic heterocycles. The van der Waals surface area contributed by atoms with Gasteiger partial charge in [-0.05, 0) is 6.07 Å². The highest BCUT2D eigenvalue weighted by Crippen LogP contribution is 2.38. The largest absolute Gasteiger partial charge is 0.369 e. The van der Waals surface area contributed by atoms with Crippen LogP contribution >= 0.6 is 23.1 Å². The molecule has 0 bridgehead atoms. The maximum absolute atomic E-state index is 12.7. The molecular formula is C18H14N4O4S2. The maximum Gasteiger partial charge on any atom is 0.282 e. The van der Waals surface area contributed by atoms with Crippen molar-refractivity contribution in [2.45, 2.75) is 4.34 Å². The monoisotopic (exact) mass is 414 g/mol. The number of hydrogen-bond acceptors (Lipinski definition) is 7. The molecule has 1 heterocycles. The standard InChI is InChI=1S/C18H14N4O4S2/c19-14(23)10-27-18-20-15(11-6-2-1-3-7-11)17(28-18)21-16(24)12-8-4-5-9-13(12)22(25)26/h1-9H,10H2,(H2,19,23)(H,21,24). The Morgan fingerprint density at radius 2 is 1.82 bits per heavy atom. The second kappa shape index (κ2) is 8.63. The molecule has 8 nitrogen and oxygen atoms in total. The molecule has 28 heavy (non-hydrogen) atoms. The van der Waals surface area contributed by atoms with E-state index in [-0.39, 0.29) is 17.0 Å². The van der Waals surface area contributed by atoms with Crippen LogP contribution in [0.3, 0.4) is 0 Å². The Hall–Kier alpha value is -3.24. The van der Waals surface area contributed by atoms with Crippen LogP contribution in [-0.4, -0.2) is 27.5 Å². The van der Waals surface area contributed by atoms with Crippen LogP contribution < -0.4 is 11.1 Å². The number of para-hydroxylation sites is 1. The van der Waals surface area contributed by atoms with Crippen molar-refractivity contribution in [3.8, 4) is 11.3 Å². The Balaban J connectivity index is 1.95. The summed E-state index contributed by atoms with van der Waals surface area (Å²) in [6, 6.07) is 14.9. The molecule has 3 aromatic rings. The molecule has 0 saturated heterocycles. The third kappa shape index (κ3) is 4.53. The zero-order valence-corrected chi connectivity index (χ0v) is 16.0. The van der Waals surface area contributed by atoms with Crippen LogP contribution in [0.1, 0.15) is 10.4 Å². The van der Waals surface area contributed by atoms with E-state index in [1.54, 1.807) is 6.07 Å². The van der Waals surface area contributed by atoms with E-state index in [0.29, 0.717) is 15.0 Å². The number of amides is 2. The van der Waals surface area contributed by atoms with Crippen LogP contribution in [0.2, 0.25) is 0 Å². The molecule has 0 aliphatic heterocycles. The number of nitro benzene ring substituents is 1. The number of benzene rings is 2. The van der Waals surface area contributed by atoms with Crippen LogP contribution in [0.15, 0.2) is 58.9 Å². The van der Waals surface area contributed by atoms with Crippen LogP contribution in [0.5, 0.6) is 0 Å². The van der Waals surface area contributed by atoms with Gasteiger partial charge in [0.05, 0.1) is 10.7 Å². The number of nitrogens with one attached hydrogen (secondary N) is 1. The summed E-state index contributed by atoms with van der Waals surface area (Å²) < 4.78 is 0.551. The maximum atomic E-state index is 12.7. The number of aromatic nitrogens is 1. The smallest absolute Gasteiger partial charge is 0.282 e. The first-order valence-electron chi connectivity index (χ1n) is 7.98. The Morgan fingerprint density at radius 3 is 2.50 bits per heavy atom. The molecule has 0 spiro atoms. The van der Waals surface area contributed by atoms with Crippen molar-refractivity contribution in [1.82, 2.24) is 4.98 Å². The van der Waals surface area contributed by atoms with E-state index in [2.05, 4.69) is 10.3 Å². The molecule has 2 aromatic carbocycles. The van der Waals surface area contributed by atoms with Crippen molar-refractivity contribution in [3.63, 3.8) is 0 Å². The summed E-state index contributed by atoms with van der Waals surface area (Å²) in [5.74, 6) is -1.04. The summed E-state index contributed by atoms with van der Waals surface area (Å²) in [4.78, 5) is 38.8. The molecule has 0 unspecified atom stereocenters. The second-order valence-corrected chi connectivity index (χ2v) is 7.73. The van der Waals surface area contributed by atoms with E-state index in [9.17, 15) is 19.7 Å². The highest BCUT2D eigenvalue weighted by atomic mass is 32.2. The number of rotatable bonds is 7. The van der Waals surface area contributed by atoms with Gasteiger partial charge in [-0.1, -0.05) is 65.6 Å². The lowest BCUT2D eigenvalue weighted by molar-refractivity contribution is -0.385. The Labute approximate surface area is 167 Å². The van der Waals surface area contributed by atoms with Crippen molar-refractivity contribution in [3.05, 3.63) is 70.3 Å². The molecule has 0 fully saturated rings. The number of primary amides is 1. The first kappa shape index (κ1) is 19.5. The third-order valence-electron chi connectivity index (χ3n) is 3.57. The lowest BCUT2D eigenvalue weighted by Gasteiger charge is -2.06. The van der Waals surface area contributed by atoms with Crippen LogP contribution in [0.4, 0.5) is 10.7 Å². The number of nitrogens with zero attached hydrogens (tertiary/aromatic N) is 2. The molecule has 0 saturated carbocycles. The average molecular weight is 414 g/mol. The van der Waals surface area contributed by atoms with E-state index in [1.165, 1.54) is 29.5 Å². The van der Waals surface area contributed by atoms with Gasteiger partial charge in [-0.15, -0.1) is 0 Å². The minimum atomic E-state index is -0.611. The molecule has 142 valence electrons. The molecule has 3 rings (SSSR count). The van der Waals surface area contributed by atoms with Gasteiger partial charge in [0, 0.05) is 11.6 Å². The topological polar surface area (TPSA) is 128 Å². The van der Waals surface area contributed by atoms with Gasteiger partial charge in [-0.2, -0.15) is 0 Å². The van der Waals surface area contributed by atoms with Crippen molar-refractivity contribution in [2.75, 3.05) is 11.1 Å². The van der Waals surface area contributed by atoms with Gasteiger partial charge in [0.2, 0.25) is 5.91 Å². The number of anilines is 1. The van der Waals surface area contributed by atoms with Gasteiger partial charge in [0.25, 0.3) is 11.6 Å². The lowest BCUT2D eigenvalue weighted by Crippen LogP contribution is -2.13. The van der Waals surface area contributed by atoms with Gasteiger partial charge in [-0.25, -0.2) is 4.98 Å². The molecule has 0 radical (unpaired) electrons. The number of nitro groups is 1. The Bertz CT molecular complexity index is 1040. The van der Waals surface area contributed by atoms with E-state index in [4.69, 9.17) is 5.73 Å². The van der Waals surface area contributed by atoms with Crippen molar-refractivity contribution < 1.29 is 14.5 Å². The number of thiazole rings is 1. The molecule has 0 aliphatic carbocycles. The predicted octanol–water partition coefficient (Wildman–Crippen LogP) is 3.55. The number of carbonyl (C=O) groups excluding carboxylic acids is 2. The normalized spacial score (nSPS) is 10.4. The summed E-state index contributed by atoms with van der Waals surface area (Å²) in [7, 11) is 0. The summed E-state index contributed by atoms with van der Waals surface area (Å²) in [6.45, 7) is 0. The highest BCUT2D eigenvalue weighted by molar-refractivity contribution is 8.01. The summed E-state index contributed by atoms with van der Waals surface area (Å²) in [6.07, 6.45) is 0. The molecule has 10 heteroatoms. The zero-order chi connectivity index (χ0) is 20.1. The fraction of sp³-hybridized carbons (Fsp3) is 0.0556. The molecule has 0 atom stereocenters. The Kier molecular flexibility index (Phi) is 6.02. The van der Waals surface area contributed by atoms with Gasteiger partial charge >= 0.3 is 0 Å². The van der Waals surface area contributed by atoms with Crippen LogP contribution in [-0.2, 0) is 4.79 Å². The molecular weight excluding hydrogens is 400 g/mol. The van der Waals surface area contributed by atoms with Gasteiger partial charge < -0.3 is 11.1 Å². The van der Waals surface area contributed by atoms with Gasteiger partial charge in [0.15, 0.2) is 4.34 Å². The Morgan fingerprint density at radius 1 is 1.14 bits per heavy atom. The van der Waals surface area contributed by atoms with Crippen molar-refractivity contribution in [2.24, 2.45) is 5.73 Å². The van der Waals surface area contributed by atoms with Gasteiger partial charge in [-0.3, -0.25) is 19.7 Å². The highest BCUT2D eigenvalue weighted by Gasteiger charge is 2.22. The van der Waals surface area contributed by atoms with Crippen molar-refractivity contribution in [1.29, 1.82) is 0 Å². The first-order chi connectivity index (χ1) is 13.5. The number of thioether (sulfide) groups is 1. The van der Waals surface area contributed by atoms with E-state index >= 15 is 0 Å². The average Bonchev–Trinajstić information content (AvgIpc) is 3.09. The SMILES string of the molecule is NC(=O)CSc1nc(-c2ccccc2)c(NC(=O)c2ccccc2[N+](=O)[O-])s1.